The Morgan fingerprint density at radius 1 is 1.78 bits per heavy atom. The van der Waals surface area contributed by atoms with Crippen LogP contribution in [0.15, 0.2) is 0 Å². The number of hydrogen-bond donors (Lipinski definition) is 0. The van der Waals surface area contributed by atoms with E-state index in [1.54, 1.807) is 0 Å². The summed E-state index contributed by atoms with van der Waals surface area (Å²) in [6.07, 6.45) is 1.91. The lowest BCUT2D eigenvalue weighted by Gasteiger charge is -2.06. The highest BCUT2D eigenvalue weighted by Crippen LogP contribution is 2.17. The van der Waals surface area contributed by atoms with Gasteiger partial charge < -0.3 is 4.90 Å². The molecular weight excluding hydrogens is 114 g/mol. The quantitative estimate of drug-likeness (QED) is 0.512. The molecule has 2 heteroatoms. The molecule has 52 valence electrons. The molecule has 0 aromatic heterocycles. The first-order valence-electron chi connectivity index (χ1n) is 3.48. The van der Waals surface area contributed by atoms with Gasteiger partial charge in [0.25, 0.3) is 0 Å². The van der Waals surface area contributed by atoms with Crippen molar-refractivity contribution in [2.24, 2.45) is 5.92 Å². The zero-order valence-electron chi connectivity index (χ0n) is 6.05. The van der Waals surface area contributed by atoms with E-state index in [2.05, 4.69) is 6.92 Å². The molecule has 1 aliphatic heterocycles. The third kappa shape index (κ3) is 1.23. The first-order chi connectivity index (χ1) is 4.24. The Balaban J connectivity index is 2.44. The van der Waals surface area contributed by atoms with Crippen molar-refractivity contribution in [3.63, 3.8) is 0 Å². The molecule has 1 unspecified atom stereocenters. The zero-order valence-corrected chi connectivity index (χ0v) is 6.05. The van der Waals surface area contributed by atoms with Gasteiger partial charge in [-0.15, -0.1) is 0 Å². The zero-order chi connectivity index (χ0) is 6.85. The van der Waals surface area contributed by atoms with Crippen LogP contribution >= 0.6 is 0 Å². The monoisotopic (exact) mass is 127 g/mol. The third-order valence-electron chi connectivity index (χ3n) is 2.00. The number of carbonyl (C=O) groups is 1. The van der Waals surface area contributed by atoms with E-state index >= 15 is 0 Å². The van der Waals surface area contributed by atoms with E-state index in [4.69, 9.17) is 0 Å². The van der Waals surface area contributed by atoms with Gasteiger partial charge in [-0.3, -0.25) is 4.79 Å². The standard InChI is InChI=1S/C7H13NO/c1-3-6-4-7(9)8(2)5-6/h6H,3-5H2,1-2H3. The fourth-order valence-corrected chi connectivity index (χ4v) is 1.23. The largest absolute Gasteiger partial charge is 0.345 e. The Labute approximate surface area is 55.8 Å². The number of nitrogens with zero attached hydrogens (tertiary/aromatic N) is 1. The van der Waals surface area contributed by atoms with Crippen molar-refractivity contribution >= 4 is 5.91 Å². The van der Waals surface area contributed by atoms with E-state index in [1.807, 2.05) is 11.9 Å². The molecule has 1 atom stereocenters. The van der Waals surface area contributed by atoms with E-state index in [-0.39, 0.29) is 0 Å². The van der Waals surface area contributed by atoms with Gasteiger partial charge in [0.2, 0.25) is 5.91 Å². The lowest BCUT2D eigenvalue weighted by molar-refractivity contribution is -0.126. The highest BCUT2D eigenvalue weighted by atomic mass is 16.2. The van der Waals surface area contributed by atoms with Crippen LogP contribution in [0.5, 0.6) is 0 Å². The van der Waals surface area contributed by atoms with Crippen molar-refractivity contribution in [3.05, 3.63) is 0 Å². The summed E-state index contributed by atoms with van der Waals surface area (Å²) in [5.41, 5.74) is 0. The Morgan fingerprint density at radius 3 is 2.67 bits per heavy atom. The van der Waals surface area contributed by atoms with Crippen LogP contribution in [0.2, 0.25) is 0 Å². The summed E-state index contributed by atoms with van der Waals surface area (Å²) in [5.74, 6) is 0.935. The minimum atomic E-state index is 0.307. The fraction of sp³-hybridized carbons (Fsp3) is 0.857. The van der Waals surface area contributed by atoms with Gasteiger partial charge in [-0.2, -0.15) is 0 Å². The Bertz CT molecular complexity index is 122. The maximum absolute atomic E-state index is 10.9. The number of carbonyl (C=O) groups excluding carboxylic acids is 1. The molecule has 0 aliphatic carbocycles. The van der Waals surface area contributed by atoms with Gasteiger partial charge in [0.05, 0.1) is 0 Å². The molecule has 9 heavy (non-hydrogen) atoms. The van der Waals surface area contributed by atoms with Crippen LogP contribution in [0.3, 0.4) is 0 Å². The lowest BCUT2D eigenvalue weighted by atomic mass is 10.1. The van der Waals surface area contributed by atoms with E-state index in [9.17, 15) is 4.79 Å². The van der Waals surface area contributed by atoms with Crippen LogP contribution in [0, 0.1) is 5.92 Å². The molecule has 1 rings (SSSR count). The van der Waals surface area contributed by atoms with Crippen molar-refractivity contribution in [3.8, 4) is 0 Å². The molecule has 0 radical (unpaired) electrons. The minimum Gasteiger partial charge on any atom is -0.345 e. The Morgan fingerprint density at radius 2 is 2.44 bits per heavy atom. The molecular formula is C7H13NO. The summed E-state index contributed by atoms with van der Waals surface area (Å²) in [4.78, 5) is 12.7. The second kappa shape index (κ2) is 2.38. The number of likely N-dealkylation sites (tertiary alicyclic amines) is 1. The van der Waals surface area contributed by atoms with Gasteiger partial charge in [-0.05, 0) is 5.92 Å². The van der Waals surface area contributed by atoms with E-state index in [1.165, 1.54) is 0 Å². The maximum atomic E-state index is 10.9. The smallest absolute Gasteiger partial charge is 0.222 e. The van der Waals surface area contributed by atoms with Gasteiger partial charge in [0.15, 0.2) is 0 Å². The molecule has 2 nitrogen and oxygen atoms in total. The van der Waals surface area contributed by atoms with Crippen LogP contribution in [-0.2, 0) is 4.79 Å². The molecule has 0 spiro atoms. The summed E-state index contributed by atoms with van der Waals surface area (Å²) in [6, 6.07) is 0. The number of rotatable bonds is 1. The molecule has 1 amide bonds. The molecule has 1 heterocycles. The first-order valence-corrected chi connectivity index (χ1v) is 3.48. The first kappa shape index (κ1) is 6.59. The summed E-state index contributed by atoms with van der Waals surface area (Å²) in [7, 11) is 1.87. The van der Waals surface area contributed by atoms with Gasteiger partial charge in [-0.1, -0.05) is 13.3 Å². The minimum absolute atomic E-state index is 0.307. The number of hydrogen-bond acceptors (Lipinski definition) is 1. The van der Waals surface area contributed by atoms with Gasteiger partial charge in [-0.25, -0.2) is 0 Å². The molecule has 0 bridgehead atoms. The average Bonchev–Trinajstić information content (AvgIpc) is 2.13. The predicted octanol–water partition coefficient (Wildman–Crippen LogP) is 0.875. The van der Waals surface area contributed by atoms with Crippen molar-refractivity contribution in [1.82, 2.24) is 4.90 Å². The average molecular weight is 127 g/mol. The van der Waals surface area contributed by atoms with Crippen LogP contribution in [0.4, 0.5) is 0 Å². The molecule has 1 fully saturated rings. The topological polar surface area (TPSA) is 20.3 Å². The van der Waals surface area contributed by atoms with E-state index in [0.717, 1.165) is 19.4 Å². The summed E-state index contributed by atoms with van der Waals surface area (Å²) in [5, 5.41) is 0. The second-order valence-corrected chi connectivity index (χ2v) is 2.75. The maximum Gasteiger partial charge on any atom is 0.222 e. The molecule has 0 aromatic carbocycles. The van der Waals surface area contributed by atoms with Crippen LogP contribution in [-0.4, -0.2) is 24.4 Å². The summed E-state index contributed by atoms with van der Waals surface area (Å²) < 4.78 is 0. The second-order valence-electron chi connectivity index (χ2n) is 2.75. The number of amides is 1. The van der Waals surface area contributed by atoms with Gasteiger partial charge in [0, 0.05) is 20.0 Å². The van der Waals surface area contributed by atoms with Crippen LogP contribution in [0.25, 0.3) is 0 Å². The molecule has 0 saturated carbocycles. The van der Waals surface area contributed by atoms with Crippen LogP contribution < -0.4 is 0 Å². The van der Waals surface area contributed by atoms with Crippen molar-refractivity contribution in [2.75, 3.05) is 13.6 Å². The highest BCUT2D eigenvalue weighted by Gasteiger charge is 2.24. The predicted molar refractivity (Wildman–Crippen MR) is 36.0 cm³/mol. The highest BCUT2D eigenvalue weighted by molar-refractivity contribution is 5.78. The fourth-order valence-electron chi connectivity index (χ4n) is 1.23. The Hall–Kier alpha value is -0.530. The van der Waals surface area contributed by atoms with Crippen molar-refractivity contribution in [2.45, 2.75) is 19.8 Å². The van der Waals surface area contributed by atoms with Crippen molar-refractivity contribution < 1.29 is 4.79 Å². The summed E-state index contributed by atoms with van der Waals surface area (Å²) >= 11 is 0. The normalized spacial score (nSPS) is 27.6. The van der Waals surface area contributed by atoms with Crippen LogP contribution in [0.1, 0.15) is 19.8 Å². The SMILES string of the molecule is CCC1CC(=O)N(C)C1. The molecule has 1 aliphatic rings. The van der Waals surface area contributed by atoms with E-state index < -0.39 is 0 Å². The van der Waals surface area contributed by atoms with Crippen molar-refractivity contribution in [1.29, 1.82) is 0 Å². The Kier molecular flexibility index (Phi) is 1.74. The summed E-state index contributed by atoms with van der Waals surface area (Å²) in [6.45, 7) is 3.10. The lowest BCUT2D eigenvalue weighted by Crippen LogP contribution is -2.18. The van der Waals surface area contributed by atoms with E-state index in [0.29, 0.717) is 11.8 Å². The molecule has 1 saturated heterocycles. The van der Waals surface area contributed by atoms with Gasteiger partial charge in [0.1, 0.15) is 0 Å². The molecule has 0 N–H and O–H groups in total. The molecule has 0 aromatic rings. The third-order valence-corrected chi connectivity index (χ3v) is 2.00. The van der Waals surface area contributed by atoms with Gasteiger partial charge >= 0.3 is 0 Å².